The number of aromatic nitrogens is 2. The molecule has 1 aromatic rings. The lowest BCUT2D eigenvalue weighted by Crippen LogP contribution is -2.44. The first kappa shape index (κ1) is 11.3. The number of piperidine rings is 1. The second kappa shape index (κ2) is 4.78. The number of carbonyl (C=O) groups is 1. The molecular weight excluding hydrogens is 274 g/mol. The molecule has 1 atom stereocenters. The van der Waals surface area contributed by atoms with Gasteiger partial charge >= 0.3 is 0 Å². The Hall–Kier alpha value is -1.17. The zero-order chi connectivity index (χ0) is 11.5. The fourth-order valence-electron chi connectivity index (χ4n) is 1.82. The molecule has 6 heteroatoms. The first-order chi connectivity index (χ1) is 7.66. The number of anilines is 1. The third kappa shape index (κ3) is 2.49. The van der Waals surface area contributed by atoms with Crippen molar-refractivity contribution >= 4 is 27.8 Å². The maximum Gasteiger partial charge on any atom is 0.225 e. The molecule has 0 amide bonds. The van der Waals surface area contributed by atoms with Crippen molar-refractivity contribution in [3.63, 3.8) is 0 Å². The van der Waals surface area contributed by atoms with Gasteiger partial charge in [-0.3, -0.25) is 0 Å². The van der Waals surface area contributed by atoms with Gasteiger partial charge in [-0.2, -0.15) is 0 Å². The van der Waals surface area contributed by atoms with Crippen LogP contribution < -0.4 is 10.0 Å². The average Bonchev–Trinajstić information content (AvgIpc) is 2.30. The summed E-state index contributed by atoms with van der Waals surface area (Å²) in [7, 11) is 0. The molecule has 0 saturated carbocycles. The smallest absolute Gasteiger partial charge is 0.225 e. The minimum Gasteiger partial charge on any atom is -0.550 e. The highest BCUT2D eigenvalue weighted by Crippen LogP contribution is 2.20. The second-order valence-corrected chi connectivity index (χ2v) is 4.72. The van der Waals surface area contributed by atoms with Gasteiger partial charge in [0.25, 0.3) is 0 Å². The van der Waals surface area contributed by atoms with Crippen LogP contribution in [0.3, 0.4) is 0 Å². The first-order valence-corrected chi connectivity index (χ1v) is 5.89. The Morgan fingerprint density at radius 2 is 2.19 bits per heavy atom. The summed E-state index contributed by atoms with van der Waals surface area (Å²) in [5.41, 5.74) is 0. The highest BCUT2D eigenvalue weighted by atomic mass is 79.9. The number of carboxylic acid groups (broad SMARTS) is 1. The van der Waals surface area contributed by atoms with Crippen LogP contribution in [0.25, 0.3) is 0 Å². The molecule has 2 heterocycles. The molecule has 5 nitrogen and oxygen atoms in total. The van der Waals surface area contributed by atoms with Gasteiger partial charge in [-0.25, -0.2) is 9.97 Å². The van der Waals surface area contributed by atoms with E-state index in [1.165, 1.54) is 0 Å². The SMILES string of the molecule is O=C([O-])[C@H]1CCCN(c2ncc(Br)cn2)C1. The van der Waals surface area contributed by atoms with Crippen LogP contribution in [0, 0.1) is 5.92 Å². The van der Waals surface area contributed by atoms with E-state index in [2.05, 4.69) is 25.9 Å². The summed E-state index contributed by atoms with van der Waals surface area (Å²) in [6, 6.07) is 0. The molecule has 0 N–H and O–H groups in total. The van der Waals surface area contributed by atoms with Crippen LogP contribution in [0.5, 0.6) is 0 Å². The van der Waals surface area contributed by atoms with E-state index >= 15 is 0 Å². The molecule has 0 aliphatic carbocycles. The Balaban J connectivity index is 2.09. The fraction of sp³-hybridized carbons (Fsp3) is 0.500. The van der Waals surface area contributed by atoms with Crippen molar-refractivity contribution in [2.45, 2.75) is 12.8 Å². The van der Waals surface area contributed by atoms with Gasteiger partial charge in [0, 0.05) is 37.4 Å². The van der Waals surface area contributed by atoms with Gasteiger partial charge in [0.2, 0.25) is 5.95 Å². The Labute approximate surface area is 102 Å². The monoisotopic (exact) mass is 284 g/mol. The molecule has 86 valence electrons. The molecule has 1 aromatic heterocycles. The van der Waals surface area contributed by atoms with Crippen molar-refractivity contribution in [1.82, 2.24) is 9.97 Å². The maximum absolute atomic E-state index is 10.8. The van der Waals surface area contributed by atoms with E-state index in [0.717, 1.165) is 17.4 Å². The Morgan fingerprint density at radius 1 is 1.50 bits per heavy atom. The first-order valence-electron chi connectivity index (χ1n) is 5.10. The van der Waals surface area contributed by atoms with E-state index in [-0.39, 0.29) is 0 Å². The number of nitrogens with zero attached hydrogens (tertiary/aromatic N) is 3. The number of rotatable bonds is 2. The summed E-state index contributed by atoms with van der Waals surface area (Å²) in [5, 5.41) is 10.8. The number of halogens is 1. The summed E-state index contributed by atoms with van der Waals surface area (Å²) in [6.07, 6.45) is 4.82. The Kier molecular flexibility index (Phi) is 3.38. The largest absolute Gasteiger partial charge is 0.550 e. The third-order valence-corrected chi connectivity index (χ3v) is 3.05. The topological polar surface area (TPSA) is 69.2 Å². The van der Waals surface area contributed by atoms with Crippen LogP contribution in [-0.2, 0) is 4.79 Å². The van der Waals surface area contributed by atoms with Gasteiger partial charge in [0.1, 0.15) is 0 Å². The number of hydrogen-bond donors (Lipinski definition) is 0. The predicted octanol–water partition coefficient (Wildman–Crippen LogP) is 0.205. The zero-order valence-corrected chi connectivity index (χ0v) is 10.2. The van der Waals surface area contributed by atoms with Crippen molar-refractivity contribution in [1.29, 1.82) is 0 Å². The van der Waals surface area contributed by atoms with Crippen LogP contribution in [0.2, 0.25) is 0 Å². The zero-order valence-electron chi connectivity index (χ0n) is 8.60. The molecular formula is C10H11BrN3O2-. The van der Waals surface area contributed by atoms with Crippen LogP contribution in [0.1, 0.15) is 12.8 Å². The number of carbonyl (C=O) groups excluding carboxylic acids is 1. The summed E-state index contributed by atoms with van der Waals surface area (Å²) >= 11 is 3.26. The average molecular weight is 285 g/mol. The van der Waals surface area contributed by atoms with E-state index in [1.54, 1.807) is 12.4 Å². The van der Waals surface area contributed by atoms with Crippen molar-refractivity contribution in [3.05, 3.63) is 16.9 Å². The third-order valence-electron chi connectivity index (χ3n) is 2.64. The maximum atomic E-state index is 10.8. The standard InChI is InChI=1S/C10H12BrN3O2/c11-8-4-12-10(13-5-8)14-3-1-2-7(6-14)9(15)16/h4-5,7H,1-3,6H2,(H,15,16)/p-1/t7-/m0/s1. The molecule has 0 radical (unpaired) electrons. The van der Waals surface area contributed by atoms with Gasteiger partial charge in [-0.15, -0.1) is 0 Å². The molecule has 16 heavy (non-hydrogen) atoms. The van der Waals surface area contributed by atoms with E-state index in [4.69, 9.17) is 0 Å². The van der Waals surface area contributed by atoms with Gasteiger partial charge in [-0.05, 0) is 28.8 Å². The highest BCUT2D eigenvalue weighted by Gasteiger charge is 2.22. The van der Waals surface area contributed by atoms with E-state index < -0.39 is 11.9 Å². The van der Waals surface area contributed by atoms with E-state index in [9.17, 15) is 9.90 Å². The van der Waals surface area contributed by atoms with Crippen molar-refractivity contribution < 1.29 is 9.90 Å². The van der Waals surface area contributed by atoms with Gasteiger partial charge in [0.05, 0.1) is 4.47 Å². The molecule has 1 aliphatic heterocycles. The normalized spacial score (nSPS) is 20.8. The summed E-state index contributed by atoms with van der Waals surface area (Å²) in [6.45, 7) is 1.23. The second-order valence-electron chi connectivity index (χ2n) is 3.81. The van der Waals surface area contributed by atoms with Crippen molar-refractivity contribution in [2.75, 3.05) is 18.0 Å². The van der Waals surface area contributed by atoms with Crippen LogP contribution in [0.15, 0.2) is 16.9 Å². The van der Waals surface area contributed by atoms with Gasteiger partial charge in [-0.1, -0.05) is 0 Å². The number of hydrogen-bond acceptors (Lipinski definition) is 5. The molecule has 1 saturated heterocycles. The van der Waals surface area contributed by atoms with E-state index in [0.29, 0.717) is 18.9 Å². The lowest BCUT2D eigenvalue weighted by atomic mass is 9.99. The van der Waals surface area contributed by atoms with Crippen molar-refractivity contribution in [2.24, 2.45) is 5.92 Å². The Morgan fingerprint density at radius 3 is 2.81 bits per heavy atom. The lowest BCUT2D eigenvalue weighted by molar-refractivity contribution is -0.311. The molecule has 1 aliphatic rings. The number of aliphatic carboxylic acids is 1. The highest BCUT2D eigenvalue weighted by molar-refractivity contribution is 9.10. The van der Waals surface area contributed by atoms with Gasteiger partial charge in [0.15, 0.2) is 0 Å². The summed E-state index contributed by atoms with van der Waals surface area (Å²) in [4.78, 5) is 21.0. The molecule has 2 rings (SSSR count). The van der Waals surface area contributed by atoms with Crippen LogP contribution >= 0.6 is 15.9 Å². The quantitative estimate of drug-likeness (QED) is 0.776. The fourth-order valence-corrected chi connectivity index (χ4v) is 2.02. The van der Waals surface area contributed by atoms with Crippen molar-refractivity contribution in [3.8, 4) is 0 Å². The van der Waals surface area contributed by atoms with E-state index in [1.807, 2.05) is 4.90 Å². The molecule has 0 spiro atoms. The molecule has 1 fully saturated rings. The minimum absolute atomic E-state index is 0.416. The lowest BCUT2D eigenvalue weighted by Gasteiger charge is -2.33. The van der Waals surface area contributed by atoms with Crippen LogP contribution in [-0.4, -0.2) is 29.0 Å². The minimum atomic E-state index is -0.984. The Bertz CT molecular complexity index is 382. The van der Waals surface area contributed by atoms with Gasteiger partial charge < -0.3 is 14.8 Å². The number of carboxylic acids is 1. The summed E-state index contributed by atoms with van der Waals surface area (Å²) in [5.74, 6) is -0.822. The molecule has 0 unspecified atom stereocenters. The van der Waals surface area contributed by atoms with Crippen LogP contribution in [0.4, 0.5) is 5.95 Å². The molecule has 0 bridgehead atoms. The predicted molar refractivity (Wildman–Crippen MR) is 59.7 cm³/mol. The summed E-state index contributed by atoms with van der Waals surface area (Å²) < 4.78 is 0.810. The molecule has 0 aromatic carbocycles.